The lowest BCUT2D eigenvalue weighted by Crippen LogP contribution is -2.28. The quantitative estimate of drug-likeness (QED) is 0.795. The van der Waals surface area contributed by atoms with E-state index in [-0.39, 0.29) is 35.6 Å². The van der Waals surface area contributed by atoms with Crippen LogP contribution in [0.25, 0.3) is 0 Å². The van der Waals surface area contributed by atoms with Crippen molar-refractivity contribution in [3.05, 3.63) is 58.1 Å². The Bertz CT molecular complexity index is 881. The monoisotopic (exact) mass is 390 g/mol. The highest BCUT2D eigenvalue weighted by atomic mass is 35.5. The van der Waals surface area contributed by atoms with Crippen molar-refractivity contribution in [2.24, 2.45) is 5.92 Å². The molecule has 1 aliphatic heterocycles. The van der Waals surface area contributed by atoms with Crippen LogP contribution < -0.4 is 10.2 Å². The molecular formula is C19H16Cl2N2O3. The van der Waals surface area contributed by atoms with Crippen molar-refractivity contribution in [3.63, 3.8) is 0 Å². The third-order valence-electron chi connectivity index (χ3n) is 4.29. The van der Waals surface area contributed by atoms with Crippen LogP contribution in [0.2, 0.25) is 10.0 Å². The van der Waals surface area contributed by atoms with E-state index in [9.17, 15) is 14.4 Å². The number of carbonyl (C=O) groups excluding carboxylic acids is 3. The number of rotatable bonds is 4. The van der Waals surface area contributed by atoms with Crippen molar-refractivity contribution in [2.75, 3.05) is 16.8 Å². The number of benzene rings is 2. The third kappa shape index (κ3) is 3.74. The number of nitrogens with one attached hydrogen (secondary N) is 1. The predicted molar refractivity (Wildman–Crippen MR) is 102 cm³/mol. The number of carbonyl (C=O) groups is 3. The highest BCUT2D eigenvalue weighted by Gasteiger charge is 2.35. The van der Waals surface area contributed by atoms with Crippen LogP contribution in [0.3, 0.4) is 0 Å². The van der Waals surface area contributed by atoms with E-state index in [4.69, 9.17) is 23.2 Å². The van der Waals surface area contributed by atoms with Gasteiger partial charge in [0.15, 0.2) is 5.78 Å². The van der Waals surface area contributed by atoms with Crippen LogP contribution in [-0.4, -0.2) is 24.1 Å². The summed E-state index contributed by atoms with van der Waals surface area (Å²) in [5.41, 5.74) is 1.65. The Morgan fingerprint density at radius 2 is 1.81 bits per heavy atom. The van der Waals surface area contributed by atoms with Gasteiger partial charge in [-0.2, -0.15) is 0 Å². The maximum absolute atomic E-state index is 12.5. The van der Waals surface area contributed by atoms with Crippen LogP contribution in [0.5, 0.6) is 0 Å². The van der Waals surface area contributed by atoms with Gasteiger partial charge in [0.1, 0.15) is 0 Å². The molecule has 2 amide bonds. The second kappa shape index (κ2) is 7.48. The minimum absolute atomic E-state index is 0.0417. The van der Waals surface area contributed by atoms with Crippen molar-refractivity contribution in [1.29, 1.82) is 0 Å². The van der Waals surface area contributed by atoms with Crippen LogP contribution in [0.4, 0.5) is 11.4 Å². The number of hydrogen-bond acceptors (Lipinski definition) is 3. The Kier molecular flexibility index (Phi) is 5.30. The topological polar surface area (TPSA) is 66.5 Å². The van der Waals surface area contributed by atoms with Gasteiger partial charge in [0, 0.05) is 24.2 Å². The highest BCUT2D eigenvalue weighted by molar-refractivity contribution is 6.44. The molecule has 0 saturated carbocycles. The van der Waals surface area contributed by atoms with Crippen molar-refractivity contribution in [1.82, 2.24) is 0 Å². The van der Waals surface area contributed by atoms with Gasteiger partial charge in [-0.15, -0.1) is 0 Å². The number of Topliss-reactive ketones (excluding diaryl/α,β-unsaturated/α-hetero) is 1. The molecule has 3 rings (SSSR count). The molecule has 1 N–H and O–H groups in total. The summed E-state index contributed by atoms with van der Waals surface area (Å²) >= 11 is 12.0. The molecule has 0 bridgehead atoms. The zero-order valence-electron chi connectivity index (χ0n) is 14.0. The zero-order valence-corrected chi connectivity index (χ0v) is 15.5. The van der Waals surface area contributed by atoms with Gasteiger partial charge in [-0.3, -0.25) is 14.4 Å². The van der Waals surface area contributed by atoms with Crippen LogP contribution in [0.15, 0.2) is 42.5 Å². The van der Waals surface area contributed by atoms with Gasteiger partial charge in [-0.25, -0.2) is 0 Å². The fraction of sp³-hybridized carbons (Fsp3) is 0.211. The van der Waals surface area contributed by atoms with Gasteiger partial charge in [-0.1, -0.05) is 29.3 Å². The number of nitrogens with zero attached hydrogens (tertiary/aromatic N) is 1. The van der Waals surface area contributed by atoms with E-state index in [0.717, 1.165) is 0 Å². The second-order valence-corrected chi connectivity index (χ2v) is 6.88. The third-order valence-corrected chi connectivity index (χ3v) is 5.11. The summed E-state index contributed by atoms with van der Waals surface area (Å²) < 4.78 is 0. The van der Waals surface area contributed by atoms with Crippen LogP contribution in [0, 0.1) is 5.92 Å². The first-order valence-electron chi connectivity index (χ1n) is 8.03. The van der Waals surface area contributed by atoms with Crippen LogP contribution >= 0.6 is 23.2 Å². The van der Waals surface area contributed by atoms with Gasteiger partial charge < -0.3 is 10.2 Å². The van der Waals surface area contributed by atoms with E-state index in [1.54, 1.807) is 47.4 Å². The summed E-state index contributed by atoms with van der Waals surface area (Å²) in [6.45, 7) is 1.75. The second-order valence-electron chi connectivity index (χ2n) is 6.10. The average molecular weight is 391 g/mol. The van der Waals surface area contributed by atoms with Crippen LogP contribution in [0.1, 0.15) is 23.7 Å². The molecule has 1 heterocycles. The molecule has 1 saturated heterocycles. The van der Waals surface area contributed by atoms with Gasteiger partial charge in [0.25, 0.3) is 0 Å². The molecule has 1 fully saturated rings. The van der Waals surface area contributed by atoms with E-state index in [2.05, 4.69) is 5.32 Å². The Morgan fingerprint density at radius 1 is 1.12 bits per heavy atom. The van der Waals surface area contributed by atoms with E-state index in [0.29, 0.717) is 22.0 Å². The van der Waals surface area contributed by atoms with Crippen molar-refractivity contribution >= 4 is 52.2 Å². The first-order chi connectivity index (χ1) is 12.4. The summed E-state index contributed by atoms with van der Waals surface area (Å²) in [7, 11) is 0. The molecule has 5 nitrogen and oxygen atoms in total. The number of anilines is 2. The smallest absolute Gasteiger partial charge is 0.229 e. The zero-order chi connectivity index (χ0) is 18.8. The van der Waals surface area contributed by atoms with E-state index in [1.807, 2.05) is 0 Å². The molecule has 2 aromatic carbocycles. The molecule has 0 aromatic heterocycles. The Labute approximate surface area is 160 Å². The van der Waals surface area contributed by atoms with Gasteiger partial charge in [0.2, 0.25) is 11.8 Å². The van der Waals surface area contributed by atoms with E-state index in [1.165, 1.54) is 6.92 Å². The van der Waals surface area contributed by atoms with Gasteiger partial charge >= 0.3 is 0 Å². The van der Waals surface area contributed by atoms with Gasteiger partial charge in [-0.05, 0) is 43.3 Å². The summed E-state index contributed by atoms with van der Waals surface area (Å²) in [5, 5.41) is 3.34. The lowest BCUT2D eigenvalue weighted by Gasteiger charge is -2.17. The SMILES string of the molecule is CC(=O)c1ccc(N2CC(C(=O)Nc3cccc(Cl)c3Cl)CC2=O)cc1. The molecule has 1 aliphatic rings. The molecule has 1 unspecified atom stereocenters. The molecule has 0 spiro atoms. The normalized spacial score (nSPS) is 16.7. The average Bonchev–Trinajstić information content (AvgIpc) is 3.01. The van der Waals surface area contributed by atoms with Crippen molar-refractivity contribution < 1.29 is 14.4 Å². The van der Waals surface area contributed by atoms with Crippen LogP contribution in [-0.2, 0) is 9.59 Å². The number of amides is 2. The fourth-order valence-corrected chi connectivity index (χ4v) is 3.19. The maximum Gasteiger partial charge on any atom is 0.229 e. The maximum atomic E-state index is 12.5. The largest absolute Gasteiger partial charge is 0.324 e. The Hall–Kier alpha value is -2.37. The minimum atomic E-state index is -0.495. The molecule has 0 aliphatic carbocycles. The lowest BCUT2D eigenvalue weighted by atomic mass is 10.1. The Balaban J connectivity index is 1.71. The van der Waals surface area contributed by atoms with E-state index >= 15 is 0 Å². The molecule has 2 aromatic rings. The minimum Gasteiger partial charge on any atom is -0.324 e. The Morgan fingerprint density at radius 3 is 2.46 bits per heavy atom. The number of hydrogen-bond donors (Lipinski definition) is 1. The molecular weight excluding hydrogens is 375 g/mol. The van der Waals surface area contributed by atoms with E-state index < -0.39 is 5.92 Å². The molecule has 26 heavy (non-hydrogen) atoms. The molecule has 7 heteroatoms. The number of ketones is 1. The first-order valence-corrected chi connectivity index (χ1v) is 8.78. The molecule has 0 radical (unpaired) electrons. The number of halogens is 2. The highest BCUT2D eigenvalue weighted by Crippen LogP contribution is 2.31. The summed E-state index contributed by atoms with van der Waals surface area (Å²) in [6, 6.07) is 11.7. The first kappa shape index (κ1) is 18.4. The van der Waals surface area contributed by atoms with Crippen molar-refractivity contribution in [2.45, 2.75) is 13.3 Å². The fourth-order valence-electron chi connectivity index (χ4n) is 2.84. The summed E-state index contributed by atoms with van der Waals surface area (Å²) in [6.07, 6.45) is 0.110. The van der Waals surface area contributed by atoms with Gasteiger partial charge in [0.05, 0.1) is 21.7 Å². The summed E-state index contributed by atoms with van der Waals surface area (Å²) in [4.78, 5) is 37.7. The summed E-state index contributed by atoms with van der Waals surface area (Å²) in [5.74, 6) is -0.965. The molecule has 1 atom stereocenters. The standard InChI is InChI=1S/C19H16Cl2N2O3/c1-11(24)12-5-7-14(8-6-12)23-10-13(9-17(23)25)19(26)22-16-4-2-3-15(20)18(16)21/h2-8,13H,9-10H2,1H3,(H,22,26). The predicted octanol–water partition coefficient (Wildman–Crippen LogP) is 4.19. The lowest BCUT2D eigenvalue weighted by molar-refractivity contribution is -0.122. The molecule has 134 valence electrons. The van der Waals surface area contributed by atoms with Crippen molar-refractivity contribution in [3.8, 4) is 0 Å².